The fourth-order valence-electron chi connectivity index (χ4n) is 5.95. The maximum Gasteiger partial charge on any atom is 0.241 e. The molecule has 148 valence electrons. The van der Waals surface area contributed by atoms with E-state index in [1.54, 1.807) is 24.3 Å². The van der Waals surface area contributed by atoms with Gasteiger partial charge >= 0.3 is 0 Å². The van der Waals surface area contributed by atoms with Crippen molar-refractivity contribution in [3.05, 3.63) is 24.3 Å². The van der Waals surface area contributed by atoms with Crippen LogP contribution < -0.4 is 14.4 Å². The normalized spacial score (nSPS) is 31.6. The largest absolute Gasteiger partial charge is 0.495 e. The molecule has 1 N–H and O–H groups in total. The summed E-state index contributed by atoms with van der Waals surface area (Å²) in [6, 6.07) is 6.88. The molecule has 1 aromatic carbocycles. The minimum Gasteiger partial charge on any atom is -0.495 e. The molecule has 0 radical (unpaired) electrons. The summed E-state index contributed by atoms with van der Waals surface area (Å²) in [6.45, 7) is -0.221. The van der Waals surface area contributed by atoms with Crippen LogP contribution in [0.25, 0.3) is 0 Å². The Bertz CT molecular complexity index is 801. The predicted octanol–water partition coefficient (Wildman–Crippen LogP) is 2.55. The lowest BCUT2D eigenvalue weighted by Crippen LogP contribution is -2.61. The zero-order valence-electron chi connectivity index (χ0n) is 16.0. The minimum atomic E-state index is -3.62. The molecule has 0 aromatic heterocycles. The van der Waals surface area contributed by atoms with Crippen molar-refractivity contribution >= 4 is 21.6 Å². The molecule has 27 heavy (non-hydrogen) atoms. The van der Waals surface area contributed by atoms with Gasteiger partial charge in [0.2, 0.25) is 15.9 Å². The molecule has 1 aromatic rings. The molecule has 0 saturated heterocycles. The van der Waals surface area contributed by atoms with E-state index < -0.39 is 10.0 Å². The predicted molar refractivity (Wildman–Crippen MR) is 104 cm³/mol. The number of anilines is 1. The molecule has 0 atom stereocenters. The molecule has 4 bridgehead atoms. The van der Waals surface area contributed by atoms with Crippen molar-refractivity contribution in [2.75, 3.05) is 24.2 Å². The highest BCUT2D eigenvalue weighted by Gasteiger charge is 2.51. The highest BCUT2D eigenvalue weighted by atomic mass is 32.2. The number of ether oxygens (including phenoxy) is 1. The van der Waals surface area contributed by atoms with Crippen molar-refractivity contribution in [1.29, 1.82) is 0 Å². The second-order valence-corrected chi connectivity index (χ2v) is 10.6. The summed E-state index contributed by atoms with van der Waals surface area (Å²) in [6.07, 6.45) is 8.13. The summed E-state index contributed by atoms with van der Waals surface area (Å²) < 4.78 is 31.2. The van der Waals surface area contributed by atoms with Crippen LogP contribution in [0.15, 0.2) is 24.3 Å². The number of sulfonamides is 1. The molecule has 0 spiro atoms. The van der Waals surface area contributed by atoms with E-state index in [2.05, 4.69) is 5.32 Å². The Hall–Kier alpha value is -1.76. The lowest BCUT2D eigenvalue weighted by atomic mass is 9.53. The Kier molecular flexibility index (Phi) is 4.61. The van der Waals surface area contributed by atoms with Crippen molar-refractivity contribution < 1.29 is 17.9 Å². The third kappa shape index (κ3) is 3.66. The first-order valence-corrected chi connectivity index (χ1v) is 11.5. The molecule has 7 heteroatoms. The Morgan fingerprint density at radius 2 is 1.70 bits per heavy atom. The topological polar surface area (TPSA) is 75.7 Å². The van der Waals surface area contributed by atoms with Crippen LogP contribution in [0.2, 0.25) is 0 Å². The molecule has 0 heterocycles. The van der Waals surface area contributed by atoms with Gasteiger partial charge in [0.1, 0.15) is 12.3 Å². The number of carbonyl (C=O) groups is 1. The van der Waals surface area contributed by atoms with Gasteiger partial charge in [0, 0.05) is 5.54 Å². The van der Waals surface area contributed by atoms with Gasteiger partial charge in [-0.25, -0.2) is 8.42 Å². The van der Waals surface area contributed by atoms with Crippen molar-refractivity contribution in [2.24, 2.45) is 17.8 Å². The quantitative estimate of drug-likeness (QED) is 0.807. The number of amides is 1. The van der Waals surface area contributed by atoms with E-state index in [0.29, 0.717) is 11.4 Å². The SMILES string of the molecule is COc1ccccc1N(CC(=O)NC12CC3CC(CC(C3)C1)C2)S(C)(=O)=O. The fraction of sp³-hybridized carbons (Fsp3) is 0.650. The maximum absolute atomic E-state index is 12.9. The number of hydrogen-bond donors (Lipinski definition) is 1. The van der Waals surface area contributed by atoms with Gasteiger partial charge in [0.25, 0.3) is 0 Å². The average Bonchev–Trinajstić information content (AvgIpc) is 2.57. The summed E-state index contributed by atoms with van der Waals surface area (Å²) in [5, 5.41) is 3.25. The monoisotopic (exact) mass is 392 g/mol. The van der Waals surface area contributed by atoms with E-state index in [0.717, 1.165) is 47.6 Å². The fourth-order valence-corrected chi connectivity index (χ4v) is 6.81. The Labute approximate surface area is 161 Å². The average molecular weight is 393 g/mol. The van der Waals surface area contributed by atoms with Gasteiger partial charge in [-0.05, 0) is 68.4 Å². The standard InChI is InChI=1S/C20H28N2O4S/c1-26-18-6-4-3-5-17(18)22(27(2,24)25)13-19(23)21-20-10-14-7-15(11-20)9-16(8-14)12-20/h3-6,14-16H,7-13H2,1-2H3,(H,21,23). The van der Waals surface area contributed by atoms with Crippen LogP contribution in [-0.4, -0.2) is 39.8 Å². The zero-order valence-corrected chi connectivity index (χ0v) is 16.8. The lowest BCUT2D eigenvalue weighted by Gasteiger charge is -2.57. The van der Waals surface area contributed by atoms with Crippen LogP contribution in [-0.2, 0) is 14.8 Å². The van der Waals surface area contributed by atoms with Gasteiger partial charge in [0.15, 0.2) is 0 Å². The molecule has 5 rings (SSSR count). The number of hydrogen-bond acceptors (Lipinski definition) is 4. The molecular weight excluding hydrogens is 364 g/mol. The number of rotatable bonds is 6. The zero-order chi connectivity index (χ0) is 19.2. The van der Waals surface area contributed by atoms with Gasteiger partial charge in [-0.2, -0.15) is 0 Å². The van der Waals surface area contributed by atoms with E-state index in [1.807, 2.05) is 0 Å². The Morgan fingerprint density at radius 1 is 1.15 bits per heavy atom. The van der Waals surface area contributed by atoms with Crippen LogP contribution in [0.1, 0.15) is 38.5 Å². The first-order chi connectivity index (χ1) is 12.8. The van der Waals surface area contributed by atoms with Gasteiger partial charge in [0.05, 0.1) is 19.1 Å². The third-order valence-corrected chi connectivity index (χ3v) is 7.61. The molecule has 1 amide bonds. The molecular formula is C20H28N2O4S. The number of carbonyl (C=O) groups excluding carboxylic acids is 1. The number of nitrogens with one attached hydrogen (secondary N) is 1. The van der Waals surface area contributed by atoms with Crippen LogP contribution in [0, 0.1) is 17.8 Å². The maximum atomic E-state index is 12.9. The minimum absolute atomic E-state index is 0.129. The summed E-state index contributed by atoms with van der Waals surface area (Å²) in [7, 11) is -2.12. The first kappa shape index (κ1) is 18.6. The first-order valence-electron chi connectivity index (χ1n) is 9.70. The number of para-hydroxylation sites is 2. The molecule has 0 unspecified atom stereocenters. The van der Waals surface area contributed by atoms with Gasteiger partial charge in [-0.3, -0.25) is 9.10 Å². The van der Waals surface area contributed by atoms with E-state index in [9.17, 15) is 13.2 Å². The van der Waals surface area contributed by atoms with Gasteiger partial charge < -0.3 is 10.1 Å². The van der Waals surface area contributed by atoms with Crippen LogP contribution in [0.5, 0.6) is 5.75 Å². The number of nitrogens with zero attached hydrogens (tertiary/aromatic N) is 1. The highest BCUT2D eigenvalue weighted by Crippen LogP contribution is 2.55. The summed E-state index contributed by atoms with van der Waals surface area (Å²) >= 11 is 0. The molecule has 4 aliphatic carbocycles. The number of methoxy groups -OCH3 is 1. The molecule has 6 nitrogen and oxygen atoms in total. The van der Waals surface area contributed by atoms with Crippen molar-refractivity contribution in [2.45, 2.75) is 44.1 Å². The van der Waals surface area contributed by atoms with Crippen molar-refractivity contribution in [3.63, 3.8) is 0 Å². The van der Waals surface area contributed by atoms with Gasteiger partial charge in [-0.15, -0.1) is 0 Å². The molecule has 0 aliphatic heterocycles. The van der Waals surface area contributed by atoms with E-state index in [-0.39, 0.29) is 18.0 Å². The van der Waals surface area contributed by atoms with Crippen LogP contribution in [0.3, 0.4) is 0 Å². The number of benzene rings is 1. The summed E-state index contributed by atoms with van der Waals surface area (Å²) in [5.41, 5.74) is 0.263. The van der Waals surface area contributed by atoms with E-state index in [4.69, 9.17) is 4.74 Å². The summed E-state index contributed by atoms with van der Waals surface area (Å²) in [4.78, 5) is 12.9. The Balaban J connectivity index is 1.53. The second-order valence-electron chi connectivity index (χ2n) is 8.69. The molecule has 4 saturated carbocycles. The molecule has 4 aliphatic rings. The smallest absolute Gasteiger partial charge is 0.241 e. The van der Waals surface area contributed by atoms with Crippen molar-refractivity contribution in [1.82, 2.24) is 5.32 Å². The van der Waals surface area contributed by atoms with E-state index >= 15 is 0 Å². The molecule has 4 fully saturated rings. The highest BCUT2D eigenvalue weighted by molar-refractivity contribution is 7.92. The second kappa shape index (κ2) is 6.69. The van der Waals surface area contributed by atoms with Crippen LogP contribution >= 0.6 is 0 Å². The van der Waals surface area contributed by atoms with Crippen LogP contribution in [0.4, 0.5) is 5.69 Å². The van der Waals surface area contributed by atoms with E-state index in [1.165, 1.54) is 26.4 Å². The lowest BCUT2D eigenvalue weighted by molar-refractivity contribution is -0.125. The van der Waals surface area contributed by atoms with Gasteiger partial charge in [-0.1, -0.05) is 12.1 Å². The van der Waals surface area contributed by atoms with Crippen molar-refractivity contribution in [3.8, 4) is 5.75 Å². The third-order valence-electron chi connectivity index (χ3n) is 6.48. The summed E-state index contributed by atoms with van der Waals surface area (Å²) in [5.74, 6) is 2.36. The Morgan fingerprint density at radius 3 is 2.22 bits per heavy atom.